The van der Waals surface area contributed by atoms with Crippen molar-refractivity contribution in [2.45, 2.75) is 56.6 Å². The Morgan fingerprint density at radius 2 is 1.72 bits per heavy atom. The zero-order valence-electron chi connectivity index (χ0n) is 21.1. The summed E-state index contributed by atoms with van der Waals surface area (Å²) >= 11 is 0. The molecule has 2 aliphatic rings. The Morgan fingerprint density at radius 3 is 2.33 bits per heavy atom. The Hall–Kier alpha value is -3.40. The molecule has 9 nitrogen and oxygen atoms in total. The number of likely N-dealkylation sites (tertiary alicyclic amines) is 1. The Morgan fingerprint density at radius 1 is 1.08 bits per heavy atom. The first-order chi connectivity index (χ1) is 16.8. The number of ether oxygens (including phenoxy) is 1. The van der Waals surface area contributed by atoms with E-state index in [1.54, 1.807) is 41.4 Å². The molecule has 0 aliphatic carbocycles. The molecule has 10 heteroatoms. The average Bonchev–Trinajstić information content (AvgIpc) is 3.34. The molecular weight excluding hydrogens is 480 g/mol. The minimum atomic E-state index is -3.88. The van der Waals surface area contributed by atoms with Gasteiger partial charge in [0.2, 0.25) is 0 Å². The van der Waals surface area contributed by atoms with E-state index in [1.807, 2.05) is 39.6 Å². The Balaban J connectivity index is 1.48. The van der Waals surface area contributed by atoms with Crippen molar-refractivity contribution in [2.24, 2.45) is 0 Å². The van der Waals surface area contributed by atoms with E-state index in [0.717, 1.165) is 9.54 Å². The topological polar surface area (TPSA) is 102 Å². The maximum Gasteiger partial charge on any atom is 0.410 e. The van der Waals surface area contributed by atoms with E-state index in [0.29, 0.717) is 42.6 Å². The molecule has 0 unspecified atom stereocenters. The van der Waals surface area contributed by atoms with Crippen LogP contribution in [0.2, 0.25) is 0 Å². The van der Waals surface area contributed by atoms with E-state index in [-0.39, 0.29) is 22.4 Å². The average molecular weight is 511 g/mol. The van der Waals surface area contributed by atoms with Gasteiger partial charge >= 0.3 is 6.09 Å². The Bertz CT molecular complexity index is 1480. The molecule has 0 saturated carbocycles. The molecule has 2 aliphatic heterocycles. The summed E-state index contributed by atoms with van der Waals surface area (Å²) in [6.07, 6.45) is 3.54. The first-order valence-corrected chi connectivity index (χ1v) is 13.4. The van der Waals surface area contributed by atoms with E-state index >= 15 is 0 Å². The molecule has 0 N–H and O–H groups in total. The van der Waals surface area contributed by atoms with Gasteiger partial charge in [-0.25, -0.2) is 22.2 Å². The van der Waals surface area contributed by atoms with Crippen molar-refractivity contribution in [3.05, 3.63) is 53.9 Å². The molecule has 1 amide bonds. The van der Waals surface area contributed by atoms with Gasteiger partial charge in [-0.05, 0) is 58.7 Å². The van der Waals surface area contributed by atoms with Crippen LogP contribution < -0.4 is 4.90 Å². The fourth-order valence-corrected chi connectivity index (χ4v) is 6.43. The van der Waals surface area contributed by atoms with Gasteiger partial charge in [0.05, 0.1) is 22.3 Å². The Labute approximate surface area is 210 Å². The van der Waals surface area contributed by atoms with E-state index < -0.39 is 21.2 Å². The normalized spacial score (nSPS) is 17.6. The van der Waals surface area contributed by atoms with Crippen LogP contribution >= 0.6 is 0 Å². The lowest BCUT2D eigenvalue weighted by molar-refractivity contribution is 0.0168. The van der Waals surface area contributed by atoms with Crippen LogP contribution in [0, 0.1) is 6.92 Å². The van der Waals surface area contributed by atoms with Crippen LogP contribution in [0.4, 0.5) is 10.5 Å². The molecule has 5 rings (SSSR count). The zero-order valence-corrected chi connectivity index (χ0v) is 21.9. The van der Waals surface area contributed by atoms with Crippen LogP contribution in [0.3, 0.4) is 0 Å². The van der Waals surface area contributed by atoms with E-state index in [4.69, 9.17) is 4.74 Å². The number of ketones is 1. The number of carbonyl (C=O) groups excluding carboxylic acids is 2. The van der Waals surface area contributed by atoms with Crippen molar-refractivity contribution < 1.29 is 22.7 Å². The molecule has 1 fully saturated rings. The summed E-state index contributed by atoms with van der Waals surface area (Å²) in [6.45, 7) is 8.14. The lowest BCUT2D eigenvalue weighted by Crippen LogP contribution is -2.57. The number of hydrogen-bond acceptors (Lipinski definition) is 7. The van der Waals surface area contributed by atoms with Crippen LogP contribution in [-0.4, -0.2) is 65.4 Å². The number of rotatable bonds is 2. The van der Waals surface area contributed by atoms with E-state index in [2.05, 4.69) is 4.98 Å². The smallest absolute Gasteiger partial charge is 0.410 e. The highest BCUT2D eigenvalue weighted by Crippen LogP contribution is 2.46. The summed E-state index contributed by atoms with van der Waals surface area (Å²) in [4.78, 5) is 34.7. The van der Waals surface area contributed by atoms with Crippen molar-refractivity contribution in [1.29, 1.82) is 0 Å². The predicted octanol–water partition coefficient (Wildman–Crippen LogP) is 3.98. The molecule has 2 aromatic heterocycles. The lowest BCUT2D eigenvalue weighted by atomic mass is 9.82. The van der Waals surface area contributed by atoms with E-state index in [9.17, 15) is 18.0 Å². The molecule has 0 atom stereocenters. The van der Waals surface area contributed by atoms with Crippen LogP contribution in [-0.2, 0) is 14.8 Å². The van der Waals surface area contributed by atoms with Gasteiger partial charge < -0.3 is 14.5 Å². The standard InChI is InChI=1S/C26H30N4O5S/c1-17-6-8-18(9-7-17)36(33,34)30-13-10-19-21-20(16-27-23(19)30)28(5)26(22(21)31)11-14-29(15-12-26)24(32)35-25(2,3)4/h6-10,13,16H,11-12,14-15H2,1-5H3. The number of carbonyl (C=O) groups is 2. The third-order valence-electron chi connectivity index (χ3n) is 7.13. The van der Waals surface area contributed by atoms with Crippen LogP contribution in [0.15, 0.2) is 47.6 Å². The van der Waals surface area contributed by atoms with Crippen molar-refractivity contribution in [2.75, 3.05) is 25.0 Å². The predicted molar refractivity (Wildman–Crippen MR) is 136 cm³/mol. The lowest BCUT2D eigenvalue weighted by Gasteiger charge is -2.43. The summed E-state index contributed by atoms with van der Waals surface area (Å²) in [5, 5.41) is 0.506. The molecule has 0 bridgehead atoms. The third kappa shape index (κ3) is 3.66. The summed E-state index contributed by atoms with van der Waals surface area (Å²) in [5.41, 5.74) is 0.925. The molecule has 1 aromatic carbocycles. The maximum atomic E-state index is 13.9. The first kappa shape index (κ1) is 24.3. The number of amides is 1. The SMILES string of the molecule is Cc1ccc(S(=O)(=O)n2ccc3c4c(cnc32)N(C)C2(CCN(C(=O)OC(C)(C)C)CC2)C4=O)cc1. The molecule has 1 saturated heterocycles. The molecule has 3 aromatic rings. The second-order valence-electron chi connectivity index (χ2n) is 10.6. The Kier molecular flexibility index (Phi) is 5.44. The van der Waals surface area contributed by atoms with Gasteiger partial charge in [-0.2, -0.15) is 0 Å². The number of Topliss-reactive ketones (excluding diaryl/α,β-unsaturated/α-hetero) is 1. The van der Waals surface area contributed by atoms with Gasteiger partial charge in [-0.1, -0.05) is 17.7 Å². The monoisotopic (exact) mass is 510 g/mol. The highest BCUT2D eigenvalue weighted by molar-refractivity contribution is 7.90. The highest BCUT2D eigenvalue weighted by Gasteiger charge is 2.52. The van der Waals surface area contributed by atoms with Gasteiger partial charge in [-0.15, -0.1) is 0 Å². The number of nitrogens with zero attached hydrogens (tertiary/aromatic N) is 4. The molecule has 0 radical (unpaired) electrons. The summed E-state index contributed by atoms with van der Waals surface area (Å²) in [6, 6.07) is 8.27. The van der Waals surface area contributed by atoms with Gasteiger partial charge in [0.15, 0.2) is 11.4 Å². The van der Waals surface area contributed by atoms with Crippen molar-refractivity contribution >= 4 is 38.6 Å². The maximum absolute atomic E-state index is 13.9. The van der Waals surface area contributed by atoms with Gasteiger partial charge in [0.25, 0.3) is 10.0 Å². The second-order valence-corrected chi connectivity index (χ2v) is 12.4. The number of pyridine rings is 1. The number of likely N-dealkylation sites (N-methyl/N-ethyl adjacent to an activating group) is 1. The summed E-state index contributed by atoms with van der Waals surface area (Å²) in [5.74, 6) is -0.0678. The summed E-state index contributed by atoms with van der Waals surface area (Å²) < 4.78 is 33.3. The summed E-state index contributed by atoms with van der Waals surface area (Å²) in [7, 11) is -2.02. The third-order valence-corrected chi connectivity index (χ3v) is 8.81. The van der Waals surface area contributed by atoms with Gasteiger partial charge in [-0.3, -0.25) is 4.79 Å². The second kappa shape index (κ2) is 8.06. The van der Waals surface area contributed by atoms with Crippen molar-refractivity contribution in [3.63, 3.8) is 0 Å². The zero-order chi connectivity index (χ0) is 26.0. The highest BCUT2D eigenvalue weighted by atomic mass is 32.2. The quantitative estimate of drug-likeness (QED) is 0.514. The molecular formula is C26H30N4O5S. The number of hydrogen-bond donors (Lipinski definition) is 0. The molecule has 4 heterocycles. The first-order valence-electron chi connectivity index (χ1n) is 11.9. The number of anilines is 1. The van der Waals surface area contributed by atoms with Crippen LogP contribution in [0.1, 0.15) is 49.5 Å². The van der Waals surface area contributed by atoms with E-state index in [1.165, 1.54) is 6.20 Å². The minimum Gasteiger partial charge on any atom is -0.444 e. The van der Waals surface area contributed by atoms with Crippen LogP contribution in [0.5, 0.6) is 0 Å². The fourth-order valence-electron chi connectivity index (χ4n) is 5.13. The van der Waals surface area contributed by atoms with Crippen molar-refractivity contribution in [3.8, 4) is 0 Å². The largest absolute Gasteiger partial charge is 0.444 e. The number of aromatic nitrogens is 2. The molecule has 1 spiro atoms. The number of aryl methyl sites for hydroxylation is 1. The molecule has 36 heavy (non-hydrogen) atoms. The molecule has 190 valence electrons. The van der Waals surface area contributed by atoms with Crippen LogP contribution in [0.25, 0.3) is 11.0 Å². The number of benzene rings is 1. The minimum absolute atomic E-state index is 0.0678. The van der Waals surface area contributed by atoms with Crippen molar-refractivity contribution in [1.82, 2.24) is 13.9 Å². The fraction of sp³-hybridized carbons (Fsp3) is 0.423. The number of piperidine rings is 1. The number of fused-ring (bicyclic) bond motifs is 3. The van der Waals surface area contributed by atoms with Gasteiger partial charge in [0.1, 0.15) is 11.1 Å². The van der Waals surface area contributed by atoms with Gasteiger partial charge in [0, 0.05) is 31.7 Å².